The third-order valence-corrected chi connectivity index (χ3v) is 5.02. The van der Waals surface area contributed by atoms with Crippen LogP contribution in [0.3, 0.4) is 0 Å². The quantitative estimate of drug-likeness (QED) is 0.514. The zero-order valence-corrected chi connectivity index (χ0v) is 21.3. The number of hydrogen-bond donors (Lipinski definition) is 2. The third-order valence-electron chi connectivity index (χ3n) is 3.97. The Morgan fingerprint density at radius 1 is 1.25 bits per heavy atom. The van der Waals surface area contributed by atoms with E-state index >= 15 is 0 Å². The number of nitrogens with one attached hydrogen (secondary N) is 2. The van der Waals surface area contributed by atoms with Crippen molar-refractivity contribution in [3.05, 3.63) is 46.2 Å². The van der Waals surface area contributed by atoms with E-state index in [0.29, 0.717) is 10.5 Å². The first-order chi connectivity index (χ1) is 15.2. The smallest absolute Gasteiger partial charge is 0.285 e. The molecular formula is C24H37N5O2S. The van der Waals surface area contributed by atoms with Crippen LogP contribution in [0.5, 0.6) is 0 Å². The molecule has 0 fully saturated rings. The fraction of sp³-hybridized carbons (Fsp3) is 0.500. The van der Waals surface area contributed by atoms with E-state index < -0.39 is 0 Å². The van der Waals surface area contributed by atoms with E-state index in [0.717, 1.165) is 16.1 Å². The molecule has 0 spiro atoms. The van der Waals surface area contributed by atoms with Crippen LogP contribution in [0.15, 0.2) is 39.9 Å². The van der Waals surface area contributed by atoms with Gasteiger partial charge in [0.25, 0.3) is 5.56 Å². The van der Waals surface area contributed by atoms with Gasteiger partial charge in [-0.25, -0.2) is 9.67 Å². The number of aromatic nitrogens is 2. The van der Waals surface area contributed by atoms with Gasteiger partial charge in [-0.1, -0.05) is 40.2 Å². The van der Waals surface area contributed by atoms with Crippen LogP contribution in [0, 0.1) is 0 Å². The predicted octanol–water partition coefficient (Wildman–Crippen LogP) is 5.44. The normalized spacial score (nSPS) is 12.1. The van der Waals surface area contributed by atoms with Gasteiger partial charge in [-0.05, 0) is 51.8 Å². The molecule has 2 N–H and O–H groups in total. The Kier molecular flexibility index (Phi) is 11.6. The SMILES string of the molecule is CCC.C\C=C/C=N\C(=C\C)NC(=O)Cn1nc(C(C)C)c2cc(NC(C)C)sc2c1=O. The number of carbonyl (C=O) groups excluding carboxylic acids is 1. The van der Waals surface area contributed by atoms with Crippen molar-refractivity contribution in [3.63, 3.8) is 0 Å². The molecule has 0 unspecified atom stereocenters. The standard InChI is InChI=1S/C21H29N5O2S.C3H8/c1-7-9-10-22-16(8-2)24-17(27)12-26-21(28)20-15(19(25-26)13(3)4)11-18(29-20)23-14(5)6;1-3-2/h7-11,13-14,23H,12H2,1-6H3,(H,24,27);3H2,1-2H3/b9-7-,16-8-,22-10-;. The number of carbonyl (C=O) groups is 1. The van der Waals surface area contributed by atoms with E-state index in [4.69, 9.17) is 0 Å². The Morgan fingerprint density at radius 2 is 1.91 bits per heavy atom. The Hall–Kier alpha value is -2.74. The summed E-state index contributed by atoms with van der Waals surface area (Å²) in [6.07, 6.45) is 8.15. The van der Waals surface area contributed by atoms with Gasteiger partial charge in [0.1, 0.15) is 17.1 Å². The summed E-state index contributed by atoms with van der Waals surface area (Å²) in [5.41, 5.74) is 0.540. The van der Waals surface area contributed by atoms with Crippen LogP contribution < -0.4 is 16.2 Å². The lowest BCUT2D eigenvalue weighted by molar-refractivity contribution is -0.121. The average Bonchev–Trinajstić information content (AvgIpc) is 3.13. The number of anilines is 1. The fourth-order valence-corrected chi connectivity index (χ4v) is 3.84. The summed E-state index contributed by atoms with van der Waals surface area (Å²) >= 11 is 1.40. The molecule has 0 radical (unpaired) electrons. The van der Waals surface area contributed by atoms with Gasteiger partial charge in [0.05, 0.1) is 10.7 Å². The molecule has 32 heavy (non-hydrogen) atoms. The highest BCUT2D eigenvalue weighted by atomic mass is 32.1. The molecule has 7 nitrogen and oxygen atoms in total. The van der Waals surface area contributed by atoms with Crippen LogP contribution in [0.1, 0.15) is 73.4 Å². The highest BCUT2D eigenvalue weighted by Gasteiger charge is 2.18. The maximum atomic E-state index is 13.0. The summed E-state index contributed by atoms with van der Waals surface area (Å²) in [6, 6.07) is 2.23. The minimum atomic E-state index is -0.350. The Morgan fingerprint density at radius 3 is 2.44 bits per heavy atom. The largest absolute Gasteiger partial charge is 0.375 e. The minimum absolute atomic E-state index is 0.116. The van der Waals surface area contributed by atoms with Crippen LogP contribution >= 0.6 is 11.3 Å². The summed E-state index contributed by atoms with van der Waals surface area (Å²) in [4.78, 5) is 29.6. The number of rotatable bonds is 8. The molecule has 2 heterocycles. The summed E-state index contributed by atoms with van der Waals surface area (Å²) in [5.74, 6) is 0.188. The molecule has 1 amide bonds. The summed E-state index contributed by atoms with van der Waals surface area (Å²) in [5, 5.41) is 12.3. The highest BCUT2D eigenvalue weighted by molar-refractivity contribution is 7.22. The molecule has 2 aromatic rings. The zero-order chi connectivity index (χ0) is 24.3. The van der Waals surface area contributed by atoms with Gasteiger partial charge in [0.15, 0.2) is 0 Å². The van der Waals surface area contributed by atoms with E-state index in [-0.39, 0.29) is 30.0 Å². The second-order valence-corrected chi connectivity index (χ2v) is 8.94. The van der Waals surface area contributed by atoms with Crippen molar-refractivity contribution in [2.75, 3.05) is 5.32 Å². The molecule has 0 aliphatic rings. The maximum absolute atomic E-state index is 13.0. The topological polar surface area (TPSA) is 88.4 Å². The zero-order valence-electron chi connectivity index (χ0n) is 20.5. The van der Waals surface area contributed by atoms with Crippen molar-refractivity contribution >= 4 is 38.5 Å². The summed E-state index contributed by atoms with van der Waals surface area (Å²) < 4.78 is 1.85. The van der Waals surface area contributed by atoms with E-state index in [1.54, 1.807) is 25.3 Å². The number of hydrogen-bond acceptors (Lipinski definition) is 6. The molecule has 0 aromatic carbocycles. The predicted molar refractivity (Wildman–Crippen MR) is 138 cm³/mol. The molecule has 0 atom stereocenters. The molecule has 176 valence electrons. The van der Waals surface area contributed by atoms with Gasteiger partial charge in [0, 0.05) is 17.6 Å². The van der Waals surface area contributed by atoms with Gasteiger partial charge in [-0.15, -0.1) is 11.3 Å². The number of allylic oxidation sites excluding steroid dienone is 3. The molecule has 0 aliphatic carbocycles. The van der Waals surface area contributed by atoms with Crippen LogP contribution in [0.4, 0.5) is 5.00 Å². The second-order valence-electron chi connectivity index (χ2n) is 7.89. The fourth-order valence-electron chi connectivity index (χ4n) is 2.68. The van der Waals surface area contributed by atoms with Crippen LogP contribution in [-0.2, 0) is 11.3 Å². The molecule has 0 aliphatic heterocycles. The number of nitrogens with zero attached hydrogens (tertiary/aromatic N) is 3. The molecule has 0 saturated heterocycles. The van der Waals surface area contributed by atoms with Gasteiger partial charge in [-0.2, -0.15) is 5.10 Å². The second kappa shape index (κ2) is 13.6. The average molecular weight is 460 g/mol. The van der Waals surface area contributed by atoms with E-state index in [9.17, 15) is 9.59 Å². The van der Waals surface area contributed by atoms with Crippen molar-refractivity contribution in [2.45, 2.75) is 80.3 Å². The molecule has 8 heteroatoms. The minimum Gasteiger partial charge on any atom is -0.375 e. The Balaban J connectivity index is 0.00000161. The molecule has 0 bridgehead atoms. The molecule has 2 rings (SSSR count). The Labute approximate surface area is 195 Å². The molecule has 0 saturated carbocycles. The maximum Gasteiger partial charge on any atom is 0.285 e. The summed E-state index contributed by atoms with van der Waals surface area (Å²) in [6.45, 7) is 15.9. The number of fused-ring (bicyclic) bond motifs is 1. The first-order valence-electron chi connectivity index (χ1n) is 11.1. The van der Waals surface area contributed by atoms with Crippen molar-refractivity contribution < 1.29 is 4.79 Å². The summed E-state index contributed by atoms with van der Waals surface area (Å²) in [7, 11) is 0. The number of thiophene rings is 1. The first kappa shape index (κ1) is 27.3. The van der Waals surface area contributed by atoms with Gasteiger partial charge in [0.2, 0.25) is 5.91 Å². The first-order valence-corrected chi connectivity index (χ1v) is 11.9. The van der Waals surface area contributed by atoms with Crippen molar-refractivity contribution in [1.29, 1.82) is 0 Å². The number of aliphatic imine (C=N–C) groups is 1. The van der Waals surface area contributed by atoms with Gasteiger partial charge in [-0.3, -0.25) is 9.59 Å². The van der Waals surface area contributed by atoms with Crippen LogP contribution in [-0.4, -0.2) is 27.9 Å². The van der Waals surface area contributed by atoms with Crippen LogP contribution in [0.25, 0.3) is 10.1 Å². The Bertz CT molecular complexity index is 1030. The lowest BCUT2D eigenvalue weighted by Crippen LogP contribution is -2.33. The molecule has 2 aromatic heterocycles. The monoisotopic (exact) mass is 459 g/mol. The van der Waals surface area contributed by atoms with E-state index in [1.807, 2.05) is 46.8 Å². The van der Waals surface area contributed by atoms with Crippen molar-refractivity contribution in [1.82, 2.24) is 15.1 Å². The molecular weight excluding hydrogens is 422 g/mol. The number of amides is 1. The van der Waals surface area contributed by atoms with Gasteiger partial charge >= 0.3 is 0 Å². The highest BCUT2D eigenvalue weighted by Crippen LogP contribution is 2.32. The van der Waals surface area contributed by atoms with E-state index in [2.05, 4.69) is 34.6 Å². The lowest BCUT2D eigenvalue weighted by atomic mass is 10.1. The van der Waals surface area contributed by atoms with Crippen molar-refractivity contribution in [2.24, 2.45) is 4.99 Å². The van der Waals surface area contributed by atoms with Crippen LogP contribution in [0.2, 0.25) is 0 Å². The third kappa shape index (κ3) is 8.07. The lowest BCUT2D eigenvalue weighted by Gasteiger charge is -2.11. The van der Waals surface area contributed by atoms with Crippen molar-refractivity contribution in [3.8, 4) is 0 Å². The van der Waals surface area contributed by atoms with E-state index in [1.165, 1.54) is 22.4 Å². The van der Waals surface area contributed by atoms with Gasteiger partial charge < -0.3 is 10.6 Å².